The van der Waals surface area contributed by atoms with Crippen molar-refractivity contribution in [2.45, 2.75) is 6.42 Å². The SMILES string of the molecule is NC(=O)c1ccc(-c2nccn2-c2cccc3c2CCO3)cc1. The smallest absolute Gasteiger partial charge is 0.248 e. The summed E-state index contributed by atoms with van der Waals surface area (Å²) in [5, 5.41) is 0. The van der Waals surface area contributed by atoms with E-state index in [-0.39, 0.29) is 0 Å². The molecule has 1 aliphatic heterocycles. The monoisotopic (exact) mass is 305 g/mol. The molecule has 1 amide bonds. The average molecular weight is 305 g/mol. The van der Waals surface area contributed by atoms with Crippen LogP contribution in [-0.4, -0.2) is 22.1 Å². The van der Waals surface area contributed by atoms with Crippen LogP contribution in [-0.2, 0) is 6.42 Å². The van der Waals surface area contributed by atoms with Gasteiger partial charge in [-0.15, -0.1) is 0 Å². The molecule has 2 N–H and O–H groups in total. The van der Waals surface area contributed by atoms with E-state index in [1.54, 1.807) is 18.3 Å². The van der Waals surface area contributed by atoms with Crippen LogP contribution in [0.3, 0.4) is 0 Å². The lowest BCUT2D eigenvalue weighted by atomic mass is 10.1. The summed E-state index contributed by atoms with van der Waals surface area (Å²) in [5.74, 6) is 1.32. The molecule has 1 aliphatic rings. The van der Waals surface area contributed by atoms with Gasteiger partial charge >= 0.3 is 0 Å². The molecule has 0 fully saturated rings. The molecule has 23 heavy (non-hydrogen) atoms. The van der Waals surface area contributed by atoms with Crippen molar-refractivity contribution in [3.05, 3.63) is 66.0 Å². The Balaban J connectivity index is 1.80. The van der Waals surface area contributed by atoms with E-state index >= 15 is 0 Å². The zero-order valence-corrected chi connectivity index (χ0v) is 12.4. The quantitative estimate of drug-likeness (QED) is 0.808. The normalized spacial score (nSPS) is 12.7. The maximum absolute atomic E-state index is 11.2. The van der Waals surface area contributed by atoms with E-state index in [9.17, 15) is 4.79 Å². The topological polar surface area (TPSA) is 70.1 Å². The van der Waals surface area contributed by atoms with Crippen molar-refractivity contribution in [1.82, 2.24) is 9.55 Å². The number of carbonyl (C=O) groups excluding carboxylic acids is 1. The van der Waals surface area contributed by atoms with Crippen molar-refractivity contribution in [3.8, 4) is 22.8 Å². The van der Waals surface area contributed by atoms with Crippen LogP contribution in [0.1, 0.15) is 15.9 Å². The largest absolute Gasteiger partial charge is 0.493 e. The molecule has 0 aliphatic carbocycles. The molecule has 4 rings (SSSR count). The van der Waals surface area contributed by atoms with Crippen LogP contribution in [0.2, 0.25) is 0 Å². The van der Waals surface area contributed by atoms with Gasteiger partial charge in [-0.2, -0.15) is 0 Å². The van der Waals surface area contributed by atoms with Crippen molar-refractivity contribution in [1.29, 1.82) is 0 Å². The van der Waals surface area contributed by atoms with Gasteiger partial charge < -0.3 is 10.5 Å². The summed E-state index contributed by atoms with van der Waals surface area (Å²) in [5.41, 5.74) is 8.98. The Morgan fingerprint density at radius 2 is 2.00 bits per heavy atom. The van der Waals surface area contributed by atoms with Gasteiger partial charge in [0.15, 0.2) is 0 Å². The van der Waals surface area contributed by atoms with Gasteiger partial charge in [-0.05, 0) is 24.3 Å². The highest BCUT2D eigenvalue weighted by molar-refractivity contribution is 5.93. The second kappa shape index (κ2) is 5.28. The van der Waals surface area contributed by atoms with E-state index in [2.05, 4.69) is 11.1 Å². The number of aromatic nitrogens is 2. The Hall–Kier alpha value is -3.08. The molecule has 1 aromatic heterocycles. The van der Waals surface area contributed by atoms with Crippen LogP contribution in [0.4, 0.5) is 0 Å². The van der Waals surface area contributed by atoms with Crippen molar-refractivity contribution in [2.24, 2.45) is 5.73 Å². The lowest BCUT2D eigenvalue weighted by Crippen LogP contribution is -2.10. The minimum Gasteiger partial charge on any atom is -0.493 e. The summed E-state index contributed by atoms with van der Waals surface area (Å²) >= 11 is 0. The summed E-state index contributed by atoms with van der Waals surface area (Å²) in [6.45, 7) is 0.712. The molecule has 2 heterocycles. The maximum atomic E-state index is 11.2. The molecule has 0 bridgehead atoms. The van der Waals surface area contributed by atoms with Crippen LogP contribution in [0.25, 0.3) is 17.1 Å². The molecule has 0 radical (unpaired) electrons. The van der Waals surface area contributed by atoms with E-state index in [0.29, 0.717) is 12.2 Å². The lowest BCUT2D eigenvalue weighted by molar-refractivity contribution is 0.100. The summed E-state index contributed by atoms with van der Waals surface area (Å²) in [4.78, 5) is 15.7. The minimum atomic E-state index is -0.432. The third kappa shape index (κ3) is 2.26. The van der Waals surface area contributed by atoms with Gasteiger partial charge in [0.05, 0.1) is 12.3 Å². The highest BCUT2D eigenvalue weighted by Gasteiger charge is 2.18. The fourth-order valence-electron chi connectivity index (χ4n) is 2.92. The number of carbonyl (C=O) groups is 1. The number of hydrogen-bond acceptors (Lipinski definition) is 3. The zero-order chi connectivity index (χ0) is 15.8. The first-order valence-corrected chi connectivity index (χ1v) is 7.43. The molecule has 0 atom stereocenters. The molecule has 0 saturated carbocycles. The zero-order valence-electron chi connectivity index (χ0n) is 12.4. The number of benzene rings is 2. The fourth-order valence-corrected chi connectivity index (χ4v) is 2.92. The number of imidazole rings is 1. The number of nitrogens with zero attached hydrogens (tertiary/aromatic N) is 2. The third-order valence-electron chi connectivity index (χ3n) is 4.05. The molecule has 114 valence electrons. The van der Waals surface area contributed by atoms with Gasteiger partial charge in [-0.1, -0.05) is 18.2 Å². The van der Waals surface area contributed by atoms with E-state index < -0.39 is 5.91 Å². The van der Waals surface area contributed by atoms with Gasteiger partial charge in [0, 0.05) is 35.5 Å². The van der Waals surface area contributed by atoms with Crippen LogP contribution in [0.5, 0.6) is 5.75 Å². The second-order valence-corrected chi connectivity index (χ2v) is 5.41. The first-order chi connectivity index (χ1) is 11.2. The number of amides is 1. The number of hydrogen-bond donors (Lipinski definition) is 1. The molecule has 0 unspecified atom stereocenters. The van der Waals surface area contributed by atoms with E-state index in [0.717, 1.165) is 29.2 Å². The van der Waals surface area contributed by atoms with E-state index in [1.807, 2.05) is 35.0 Å². The second-order valence-electron chi connectivity index (χ2n) is 5.41. The van der Waals surface area contributed by atoms with Crippen molar-refractivity contribution < 1.29 is 9.53 Å². The molecule has 0 saturated heterocycles. The minimum absolute atomic E-state index is 0.432. The van der Waals surface area contributed by atoms with Crippen LogP contribution in [0, 0.1) is 0 Å². The van der Waals surface area contributed by atoms with Crippen molar-refractivity contribution >= 4 is 5.91 Å². The third-order valence-corrected chi connectivity index (χ3v) is 4.05. The molecule has 2 aromatic carbocycles. The molecular weight excluding hydrogens is 290 g/mol. The first-order valence-electron chi connectivity index (χ1n) is 7.43. The van der Waals surface area contributed by atoms with Gasteiger partial charge in [0.25, 0.3) is 0 Å². The Morgan fingerprint density at radius 3 is 2.78 bits per heavy atom. The first kappa shape index (κ1) is 13.6. The number of fused-ring (bicyclic) bond motifs is 1. The summed E-state index contributed by atoms with van der Waals surface area (Å²) in [7, 11) is 0. The molecule has 5 nitrogen and oxygen atoms in total. The predicted molar refractivity (Wildman–Crippen MR) is 86.7 cm³/mol. The van der Waals surface area contributed by atoms with E-state index in [4.69, 9.17) is 10.5 Å². The fraction of sp³-hybridized carbons (Fsp3) is 0.111. The van der Waals surface area contributed by atoms with Gasteiger partial charge in [-0.25, -0.2) is 4.98 Å². The summed E-state index contributed by atoms with van der Waals surface area (Å²) in [6, 6.07) is 13.2. The Morgan fingerprint density at radius 1 is 1.17 bits per heavy atom. The van der Waals surface area contributed by atoms with E-state index in [1.165, 1.54) is 5.56 Å². The molecule has 3 aromatic rings. The van der Waals surface area contributed by atoms with Crippen LogP contribution in [0.15, 0.2) is 54.9 Å². The number of rotatable bonds is 3. The van der Waals surface area contributed by atoms with Gasteiger partial charge in [-0.3, -0.25) is 9.36 Å². The Kier molecular flexibility index (Phi) is 3.12. The molecule has 0 spiro atoms. The summed E-state index contributed by atoms with van der Waals surface area (Å²) in [6.07, 6.45) is 4.60. The lowest BCUT2D eigenvalue weighted by Gasteiger charge is -2.11. The average Bonchev–Trinajstić information content (AvgIpc) is 3.23. The summed E-state index contributed by atoms with van der Waals surface area (Å²) < 4.78 is 7.69. The number of primary amides is 1. The number of ether oxygens (including phenoxy) is 1. The highest BCUT2D eigenvalue weighted by Crippen LogP contribution is 2.32. The van der Waals surface area contributed by atoms with Gasteiger partial charge in [0.2, 0.25) is 5.91 Å². The van der Waals surface area contributed by atoms with Crippen molar-refractivity contribution in [2.75, 3.05) is 6.61 Å². The van der Waals surface area contributed by atoms with Gasteiger partial charge in [0.1, 0.15) is 11.6 Å². The standard InChI is InChI=1S/C18H15N3O2/c19-17(22)12-4-6-13(7-5-12)18-20-9-10-21(18)15-2-1-3-16-14(15)8-11-23-16/h1-7,9-10H,8,11H2,(H2,19,22). The van der Waals surface area contributed by atoms with Crippen LogP contribution >= 0.6 is 0 Å². The maximum Gasteiger partial charge on any atom is 0.248 e. The Bertz CT molecular complexity index is 882. The molecular formula is C18H15N3O2. The predicted octanol–water partition coefficient (Wildman–Crippen LogP) is 2.57. The van der Waals surface area contributed by atoms with Crippen molar-refractivity contribution in [3.63, 3.8) is 0 Å². The van der Waals surface area contributed by atoms with Crippen LogP contribution < -0.4 is 10.5 Å². The number of nitrogens with two attached hydrogens (primary N) is 1. The Labute approximate surface area is 133 Å². The molecule has 5 heteroatoms. The highest BCUT2D eigenvalue weighted by atomic mass is 16.5.